The van der Waals surface area contributed by atoms with E-state index in [1.54, 1.807) is 6.08 Å². The molecule has 4 aromatic carbocycles. The van der Waals surface area contributed by atoms with E-state index in [0.717, 1.165) is 50.7 Å². The minimum atomic E-state index is -0.145. The Labute approximate surface area is 276 Å². The molecule has 1 fully saturated rings. The zero-order valence-electron chi connectivity index (χ0n) is 27.6. The summed E-state index contributed by atoms with van der Waals surface area (Å²) in [5.41, 5.74) is 8.89. The van der Waals surface area contributed by atoms with Crippen molar-refractivity contribution in [2.24, 2.45) is 0 Å². The normalized spacial score (nSPS) is 19.6. The molecule has 0 amide bonds. The lowest BCUT2D eigenvalue weighted by Gasteiger charge is -2.42. The highest BCUT2D eigenvalue weighted by Crippen LogP contribution is 2.37. The van der Waals surface area contributed by atoms with Crippen LogP contribution in [0.4, 0.5) is 0 Å². The fourth-order valence-corrected chi connectivity index (χ4v) is 6.22. The van der Waals surface area contributed by atoms with Gasteiger partial charge in [-0.25, -0.2) is 0 Å². The Hall–Kier alpha value is -3.54. The maximum Gasteiger partial charge on any atom is 0.110 e. The number of ether oxygens (including phenoxy) is 4. The van der Waals surface area contributed by atoms with Gasteiger partial charge in [-0.15, -0.1) is 6.58 Å². The molecule has 4 aromatic rings. The van der Waals surface area contributed by atoms with Gasteiger partial charge >= 0.3 is 0 Å². The molecule has 1 saturated heterocycles. The van der Waals surface area contributed by atoms with Crippen molar-refractivity contribution in [1.82, 2.24) is 0 Å². The molecule has 4 heteroatoms. The molecular formula is C42H50O4. The lowest BCUT2D eigenvalue weighted by Crippen LogP contribution is -2.48. The zero-order valence-corrected chi connectivity index (χ0v) is 27.6. The van der Waals surface area contributed by atoms with E-state index in [2.05, 4.69) is 111 Å². The molecule has 0 bridgehead atoms. The fraction of sp³-hybridized carbons (Fsp3) is 0.381. The summed E-state index contributed by atoms with van der Waals surface area (Å²) in [7, 11) is 0. The molecule has 4 atom stereocenters. The highest BCUT2D eigenvalue weighted by Gasteiger charge is 2.40. The van der Waals surface area contributed by atoms with E-state index < -0.39 is 0 Å². The van der Waals surface area contributed by atoms with Crippen molar-refractivity contribution in [2.75, 3.05) is 13.2 Å². The molecule has 0 radical (unpaired) electrons. The Bertz CT molecular complexity index is 1450. The van der Waals surface area contributed by atoms with E-state index in [1.807, 2.05) is 12.1 Å². The second kappa shape index (κ2) is 18.0. The van der Waals surface area contributed by atoms with Crippen LogP contribution in [0.1, 0.15) is 77.7 Å². The summed E-state index contributed by atoms with van der Waals surface area (Å²) >= 11 is 0. The van der Waals surface area contributed by atoms with Gasteiger partial charge in [-0.2, -0.15) is 0 Å². The number of aryl methyl sites for hydroxylation is 2. The van der Waals surface area contributed by atoms with Gasteiger partial charge in [0, 0.05) is 13.0 Å². The molecular weight excluding hydrogens is 568 g/mol. The highest BCUT2D eigenvalue weighted by atomic mass is 16.6. The summed E-state index contributed by atoms with van der Waals surface area (Å²) < 4.78 is 25.6. The SMILES string of the molecule is C=CCOCCCCc1ccc(Cc2cc(C3CC(OCc4ccccc4)[C@H](OCc4ccccc4)C(CC)O3)ccc2C)cc1. The maximum atomic E-state index is 6.82. The first-order valence-electron chi connectivity index (χ1n) is 16.9. The van der Waals surface area contributed by atoms with Crippen LogP contribution in [0, 0.1) is 6.92 Å². The van der Waals surface area contributed by atoms with E-state index in [0.29, 0.717) is 19.8 Å². The first-order valence-corrected chi connectivity index (χ1v) is 16.9. The largest absolute Gasteiger partial charge is 0.377 e. The van der Waals surface area contributed by atoms with Gasteiger partial charge in [-0.3, -0.25) is 0 Å². The van der Waals surface area contributed by atoms with Crippen LogP contribution in [0.3, 0.4) is 0 Å². The standard InChI is InChI=1S/C42H50O4/c1-4-25-43-26-13-12-14-33-20-22-34(23-21-33)27-38-28-37(24-19-32(38)3)40-29-41(44-30-35-15-8-6-9-16-35)42(39(5-2)46-40)45-31-36-17-10-7-11-18-36/h4,6-11,15-24,28,39-42H,1,5,12-14,25-27,29-31H2,2-3H3/t39?,40?,41?,42-/m1/s1. The maximum absolute atomic E-state index is 6.82. The summed E-state index contributed by atoms with van der Waals surface area (Å²) in [6.07, 6.45) is 7.24. The molecule has 5 rings (SSSR count). The van der Waals surface area contributed by atoms with Gasteiger partial charge in [0.15, 0.2) is 0 Å². The van der Waals surface area contributed by atoms with E-state index in [-0.39, 0.29) is 24.4 Å². The second-order valence-electron chi connectivity index (χ2n) is 12.4. The van der Waals surface area contributed by atoms with Crippen molar-refractivity contribution in [3.8, 4) is 0 Å². The third-order valence-corrected chi connectivity index (χ3v) is 8.92. The molecule has 1 heterocycles. The van der Waals surface area contributed by atoms with Crippen molar-refractivity contribution < 1.29 is 18.9 Å². The van der Waals surface area contributed by atoms with E-state index >= 15 is 0 Å². The number of unbranched alkanes of at least 4 members (excludes halogenated alkanes) is 1. The highest BCUT2D eigenvalue weighted by molar-refractivity contribution is 5.37. The Balaban J connectivity index is 1.26. The molecule has 46 heavy (non-hydrogen) atoms. The molecule has 1 aliphatic heterocycles. The van der Waals surface area contributed by atoms with E-state index in [9.17, 15) is 0 Å². The Morgan fingerprint density at radius 3 is 2.13 bits per heavy atom. The van der Waals surface area contributed by atoms with Crippen LogP contribution in [-0.4, -0.2) is 31.5 Å². The Morgan fingerprint density at radius 2 is 1.46 bits per heavy atom. The third-order valence-electron chi connectivity index (χ3n) is 8.92. The van der Waals surface area contributed by atoms with Crippen LogP contribution in [-0.2, 0) is 45.0 Å². The Morgan fingerprint density at radius 1 is 0.783 bits per heavy atom. The predicted octanol–water partition coefficient (Wildman–Crippen LogP) is 9.52. The first-order chi connectivity index (χ1) is 22.6. The predicted molar refractivity (Wildman–Crippen MR) is 187 cm³/mol. The second-order valence-corrected chi connectivity index (χ2v) is 12.4. The molecule has 1 aliphatic rings. The summed E-state index contributed by atoms with van der Waals surface area (Å²) in [6, 6.07) is 36.7. The third kappa shape index (κ3) is 9.98. The Kier molecular flexibility index (Phi) is 13.2. The molecule has 0 N–H and O–H groups in total. The smallest absolute Gasteiger partial charge is 0.110 e. The lowest BCUT2D eigenvalue weighted by atomic mass is 9.90. The van der Waals surface area contributed by atoms with Crippen LogP contribution in [0.25, 0.3) is 0 Å². The summed E-state index contributed by atoms with van der Waals surface area (Å²) in [6.45, 7) is 10.6. The molecule has 3 unspecified atom stereocenters. The fourth-order valence-electron chi connectivity index (χ4n) is 6.22. The number of hydrogen-bond acceptors (Lipinski definition) is 4. The summed E-state index contributed by atoms with van der Waals surface area (Å²) in [5.74, 6) is 0. The zero-order chi connectivity index (χ0) is 32.0. The lowest BCUT2D eigenvalue weighted by molar-refractivity contribution is -0.210. The van der Waals surface area contributed by atoms with E-state index in [1.165, 1.54) is 33.4 Å². The molecule has 0 spiro atoms. The molecule has 0 saturated carbocycles. The van der Waals surface area contributed by atoms with Crippen LogP contribution in [0.2, 0.25) is 0 Å². The van der Waals surface area contributed by atoms with Crippen LogP contribution >= 0.6 is 0 Å². The average molecular weight is 619 g/mol. The van der Waals surface area contributed by atoms with Crippen molar-refractivity contribution >= 4 is 0 Å². The van der Waals surface area contributed by atoms with Crippen LogP contribution in [0.5, 0.6) is 0 Å². The number of benzene rings is 4. The first kappa shape index (κ1) is 33.8. The quantitative estimate of drug-likeness (QED) is 0.0872. The average Bonchev–Trinajstić information content (AvgIpc) is 3.10. The van der Waals surface area contributed by atoms with Gasteiger partial charge in [0.2, 0.25) is 0 Å². The van der Waals surface area contributed by atoms with Gasteiger partial charge in [-0.1, -0.05) is 116 Å². The topological polar surface area (TPSA) is 36.9 Å². The van der Waals surface area contributed by atoms with Gasteiger partial charge in [0.25, 0.3) is 0 Å². The minimum absolute atomic E-state index is 0.0560. The van der Waals surface area contributed by atoms with Gasteiger partial charge in [-0.05, 0) is 78.0 Å². The van der Waals surface area contributed by atoms with E-state index in [4.69, 9.17) is 18.9 Å². The molecule has 0 aromatic heterocycles. The minimum Gasteiger partial charge on any atom is -0.377 e. The van der Waals surface area contributed by atoms with Crippen molar-refractivity contribution in [1.29, 1.82) is 0 Å². The van der Waals surface area contributed by atoms with Crippen molar-refractivity contribution in [3.05, 3.63) is 155 Å². The molecule has 4 nitrogen and oxygen atoms in total. The monoisotopic (exact) mass is 618 g/mol. The van der Waals surface area contributed by atoms with Gasteiger partial charge in [0.05, 0.1) is 38.1 Å². The van der Waals surface area contributed by atoms with Crippen LogP contribution < -0.4 is 0 Å². The van der Waals surface area contributed by atoms with Crippen molar-refractivity contribution in [3.63, 3.8) is 0 Å². The van der Waals surface area contributed by atoms with Crippen LogP contribution in [0.15, 0.2) is 116 Å². The summed E-state index contributed by atoms with van der Waals surface area (Å²) in [4.78, 5) is 0. The number of rotatable bonds is 17. The van der Waals surface area contributed by atoms with Crippen molar-refractivity contribution in [2.45, 2.75) is 90.0 Å². The number of hydrogen-bond donors (Lipinski definition) is 0. The van der Waals surface area contributed by atoms with Gasteiger partial charge in [0.1, 0.15) is 6.10 Å². The molecule has 242 valence electrons. The summed E-state index contributed by atoms with van der Waals surface area (Å²) in [5, 5.41) is 0. The van der Waals surface area contributed by atoms with Gasteiger partial charge < -0.3 is 18.9 Å². The molecule has 0 aliphatic carbocycles.